The molecule has 0 saturated heterocycles. The van der Waals surface area contributed by atoms with Crippen molar-refractivity contribution in [3.05, 3.63) is 53.6 Å². The minimum atomic E-state index is -0.607. The number of fused-ring (bicyclic) bond motifs is 1. The highest BCUT2D eigenvalue weighted by Gasteiger charge is 2.21. The van der Waals surface area contributed by atoms with E-state index in [9.17, 15) is 9.59 Å². The van der Waals surface area contributed by atoms with Crippen molar-refractivity contribution >= 4 is 35.3 Å². The summed E-state index contributed by atoms with van der Waals surface area (Å²) in [5.74, 6) is 1.38. The van der Waals surface area contributed by atoms with Crippen molar-refractivity contribution in [1.29, 1.82) is 0 Å². The molecule has 0 fully saturated rings. The zero-order chi connectivity index (χ0) is 21.6. The second-order valence-electron chi connectivity index (χ2n) is 6.52. The summed E-state index contributed by atoms with van der Waals surface area (Å²) in [5.41, 5.74) is 0.823. The second-order valence-corrected chi connectivity index (χ2v) is 7.90. The number of ether oxygens (including phenoxy) is 2. The Balaban J connectivity index is 1.19. The molecule has 0 aliphatic carbocycles. The van der Waals surface area contributed by atoms with Gasteiger partial charge in [-0.25, -0.2) is 9.78 Å². The predicted octanol–water partition coefficient (Wildman–Crippen LogP) is 2.88. The number of rotatable bonds is 6. The number of carbonyl (C=O) groups is 2. The molecule has 3 amide bonds. The SMILES string of the molecule is O=C(CSc1n[nH]c(-c2ccc(Cl)cc2)n1)NC(=O)NCC1COc2ccccc2O1. The van der Waals surface area contributed by atoms with Crippen molar-refractivity contribution in [2.75, 3.05) is 18.9 Å². The van der Waals surface area contributed by atoms with E-state index in [0.717, 1.165) is 17.3 Å². The van der Waals surface area contributed by atoms with Crippen LogP contribution in [0.1, 0.15) is 0 Å². The van der Waals surface area contributed by atoms with E-state index in [-0.39, 0.29) is 18.4 Å². The van der Waals surface area contributed by atoms with Gasteiger partial charge >= 0.3 is 6.03 Å². The first kappa shape index (κ1) is 21.0. The summed E-state index contributed by atoms with van der Waals surface area (Å²) in [5, 5.41) is 12.8. The molecule has 1 atom stereocenters. The number of para-hydroxylation sites is 2. The van der Waals surface area contributed by atoms with Gasteiger partial charge in [0.2, 0.25) is 11.1 Å². The van der Waals surface area contributed by atoms with Gasteiger partial charge in [0.05, 0.1) is 12.3 Å². The molecule has 0 spiro atoms. The third-order valence-electron chi connectivity index (χ3n) is 4.23. The van der Waals surface area contributed by atoms with Crippen LogP contribution in [0.2, 0.25) is 5.02 Å². The zero-order valence-corrected chi connectivity index (χ0v) is 17.7. The Bertz CT molecular complexity index is 1080. The van der Waals surface area contributed by atoms with E-state index in [4.69, 9.17) is 21.1 Å². The highest BCUT2D eigenvalue weighted by Crippen LogP contribution is 2.30. The molecular weight excluding hydrogens is 442 g/mol. The number of nitrogens with zero attached hydrogens (tertiary/aromatic N) is 2. The molecule has 3 N–H and O–H groups in total. The van der Waals surface area contributed by atoms with Gasteiger partial charge in [0.25, 0.3) is 0 Å². The average molecular weight is 460 g/mol. The van der Waals surface area contributed by atoms with Crippen LogP contribution in [0.4, 0.5) is 4.79 Å². The van der Waals surface area contributed by atoms with Gasteiger partial charge in [-0.1, -0.05) is 35.5 Å². The lowest BCUT2D eigenvalue weighted by Gasteiger charge is -2.26. The number of carbonyl (C=O) groups excluding carboxylic acids is 2. The van der Waals surface area contributed by atoms with Gasteiger partial charge in [0, 0.05) is 10.6 Å². The normalized spacial score (nSPS) is 14.7. The highest BCUT2D eigenvalue weighted by atomic mass is 35.5. The fourth-order valence-electron chi connectivity index (χ4n) is 2.76. The fraction of sp³-hybridized carbons (Fsp3) is 0.200. The predicted molar refractivity (Wildman–Crippen MR) is 115 cm³/mol. The first-order chi connectivity index (χ1) is 15.1. The summed E-state index contributed by atoms with van der Waals surface area (Å²) >= 11 is 6.99. The van der Waals surface area contributed by atoms with Crippen LogP contribution in [0.5, 0.6) is 11.5 Å². The van der Waals surface area contributed by atoms with E-state index in [1.54, 1.807) is 18.2 Å². The molecule has 1 aliphatic rings. The summed E-state index contributed by atoms with van der Waals surface area (Å²) in [6.07, 6.45) is -0.343. The lowest BCUT2D eigenvalue weighted by Crippen LogP contribution is -2.46. The maximum Gasteiger partial charge on any atom is 0.321 e. The average Bonchev–Trinajstić information content (AvgIpc) is 3.26. The molecule has 0 saturated carbocycles. The second kappa shape index (κ2) is 9.71. The summed E-state index contributed by atoms with van der Waals surface area (Å²) in [7, 11) is 0. The first-order valence-electron chi connectivity index (χ1n) is 9.34. The number of imide groups is 1. The number of aromatic amines is 1. The molecule has 2 heterocycles. The van der Waals surface area contributed by atoms with Crippen LogP contribution in [-0.2, 0) is 4.79 Å². The van der Waals surface area contributed by atoms with E-state index in [1.165, 1.54) is 0 Å². The quantitative estimate of drug-likeness (QED) is 0.485. The van der Waals surface area contributed by atoms with Crippen LogP contribution in [0, 0.1) is 0 Å². The molecule has 4 rings (SSSR count). The van der Waals surface area contributed by atoms with E-state index in [2.05, 4.69) is 25.8 Å². The van der Waals surface area contributed by atoms with Crippen LogP contribution in [0.15, 0.2) is 53.7 Å². The van der Waals surface area contributed by atoms with E-state index >= 15 is 0 Å². The first-order valence-corrected chi connectivity index (χ1v) is 10.7. The Morgan fingerprint density at radius 2 is 1.94 bits per heavy atom. The molecule has 9 nitrogen and oxygen atoms in total. The molecule has 0 radical (unpaired) electrons. The van der Waals surface area contributed by atoms with Crippen LogP contribution < -0.4 is 20.1 Å². The monoisotopic (exact) mass is 459 g/mol. The van der Waals surface area contributed by atoms with E-state index in [1.807, 2.05) is 30.3 Å². The highest BCUT2D eigenvalue weighted by molar-refractivity contribution is 7.99. The Morgan fingerprint density at radius 3 is 2.74 bits per heavy atom. The number of hydrogen-bond acceptors (Lipinski definition) is 7. The van der Waals surface area contributed by atoms with Gasteiger partial charge in [-0.3, -0.25) is 15.2 Å². The molecule has 11 heteroatoms. The third kappa shape index (κ3) is 5.68. The molecule has 31 heavy (non-hydrogen) atoms. The Hall–Kier alpha value is -3.24. The fourth-order valence-corrected chi connectivity index (χ4v) is 3.48. The lowest BCUT2D eigenvalue weighted by molar-refractivity contribution is -0.117. The van der Waals surface area contributed by atoms with Crippen molar-refractivity contribution in [2.45, 2.75) is 11.3 Å². The van der Waals surface area contributed by atoms with E-state index in [0.29, 0.717) is 34.1 Å². The van der Waals surface area contributed by atoms with Crippen molar-refractivity contribution in [2.24, 2.45) is 0 Å². The largest absolute Gasteiger partial charge is 0.486 e. The molecule has 2 aromatic carbocycles. The minimum Gasteiger partial charge on any atom is -0.486 e. The Morgan fingerprint density at radius 1 is 1.16 bits per heavy atom. The summed E-state index contributed by atoms with van der Waals surface area (Å²) < 4.78 is 11.3. The van der Waals surface area contributed by atoms with Crippen LogP contribution in [-0.4, -0.2) is 52.1 Å². The van der Waals surface area contributed by atoms with Crippen molar-refractivity contribution in [1.82, 2.24) is 25.8 Å². The number of amides is 3. The minimum absolute atomic E-state index is 0.0122. The van der Waals surface area contributed by atoms with Crippen molar-refractivity contribution in [3.63, 3.8) is 0 Å². The molecule has 1 aliphatic heterocycles. The lowest BCUT2D eigenvalue weighted by atomic mass is 10.2. The number of thioether (sulfide) groups is 1. The molecule has 1 unspecified atom stereocenters. The van der Waals surface area contributed by atoms with Gasteiger partial charge in [-0.05, 0) is 36.4 Å². The van der Waals surface area contributed by atoms with Gasteiger partial charge in [-0.15, -0.1) is 5.10 Å². The number of aromatic nitrogens is 3. The Kier molecular flexibility index (Phi) is 6.58. The van der Waals surface area contributed by atoms with Gasteiger partial charge in [0.15, 0.2) is 23.4 Å². The number of benzene rings is 2. The van der Waals surface area contributed by atoms with Crippen molar-refractivity contribution in [3.8, 4) is 22.9 Å². The molecule has 1 aromatic heterocycles. The van der Waals surface area contributed by atoms with Gasteiger partial charge in [-0.2, -0.15) is 0 Å². The van der Waals surface area contributed by atoms with Crippen LogP contribution in [0.3, 0.4) is 0 Å². The third-order valence-corrected chi connectivity index (χ3v) is 5.32. The molecule has 3 aromatic rings. The topological polar surface area (TPSA) is 118 Å². The zero-order valence-electron chi connectivity index (χ0n) is 16.1. The number of nitrogens with one attached hydrogen (secondary N) is 3. The van der Waals surface area contributed by atoms with Crippen LogP contribution >= 0.6 is 23.4 Å². The number of halogens is 1. The number of H-pyrrole nitrogens is 1. The maximum absolute atomic E-state index is 12.0. The number of urea groups is 1. The van der Waals surface area contributed by atoms with Gasteiger partial charge < -0.3 is 14.8 Å². The standard InChI is InChI=1S/C20H18ClN5O4S/c21-13-7-5-12(6-8-13)18-24-20(26-25-18)31-11-17(27)23-19(28)22-9-14-10-29-15-3-1-2-4-16(15)30-14/h1-8,14H,9-11H2,(H,24,25,26)(H2,22,23,27,28). The summed E-state index contributed by atoms with van der Waals surface area (Å²) in [6.45, 7) is 0.508. The van der Waals surface area contributed by atoms with Gasteiger partial charge in [0.1, 0.15) is 6.61 Å². The van der Waals surface area contributed by atoms with Crippen molar-refractivity contribution < 1.29 is 19.1 Å². The molecule has 160 valence electrons. The van der Waals surface area contributed by atoms with E-state index < -0.39 is 11.9 Å². The molecule has 0 bridgehead atoms. The molecular formula is C20H18ClN5O4S. The summed E-state index contributed by atoms with van der Waals surface area (Å²) in [4.78, 5) is 28.3. The maximum atomic E-state index is 12.0. The Labute approximate surface area is 186 Å². The smallest absolute Gasteiger partial charge is 0.321 e. The summed E-state index contributed by atoms with van der Waals surface area (Å²) in [6, 6.07) is 13.8. The van der Waals surface area contributed by atoms with Crippen LogP contribution in [0.25, 0.3) is 11.4 Å². The number of hydrogen-bond donors (Lipinski definition) is 3.